The summed E-state index contributed by atoms with van der Waals surface area (Å²) in [7, 11) is 0. The van der Waals surface area contributed by atoms with Crippen molar-refractivity contribution in [2.24, 2.45) is 0 Å². The molecule has 2 aromatic heterocycles. The van der Waals surface area contributed by atoms with E-state index in [1.807, 2.05) is 60.8 Å². The van der Waals surface area contributed by atoms with Gasteiger partial charge in [-0.2, -0.15) is 5.10 Å². The molecular formula is C24H21N3O3S. The first-order chi connectivity index (χ1) is 15.1. The number of fused-ring (bicyclic) bond motifs is 1. The number of hydrogen-bond acceptors (Lipinski definition) is 5. The summed E-state index contributed by atoms with van der Waals surface area (Å²) >= 11 is 1.60. The molecule has 2 aromatic carbocycles. The van der Waals surface area contributed by atoms with Gasteiger partial charge in [-0.25, -0.2) is 4.68 Å². The molecule has 0 atom stereocenters. The van der Waals surface area contributed by atoms with Gasteiger partial charge in [0.1, 0.15) is 11.4 Å². The standard InChI is InChI=1S/C24H21N3O3S/c1-15-5-7-19(16(2)10-15)27-20(12-18(26-27)23-4-3-9-31-23)24(28)25-13-17-6-8-21-22(11-17)30-14-29-21/h3-12H,13-14H2,1-2H3,(H,25,28). The fourth-order valence-corrected chi connectivity index (χ4v) is 4.32. The van der Waals surface area contributed by atoms with Crippen LogP contribution in [0.1, 0.15) is 27.2 Å². The van der Waals surface area contributed by atoms with Crippen LogP contribution in [-0.2, 0) is 6.54 Å². The second-order valence-corrected chi connectivity index (χ2v) is 8.41. The lowest BCUT2D eigenvalue weighted by molar-refractivity contribution is 0.0943. The van der Waals surface area contributed by atoms with Crippen molar-refractivity contribution in [1.82, 2.24) is 15.1 Å². The average molecular weight is 432 g/mol. The minimum atomic E-state index is -0.187. The highest BCUT2D eigenvalue weighted by Gasteiger charge is 2.20. The average Bonchev–Trinajstić information content (AvgIpc) is 3.51. The molecule has 1 amide bonds. The molecule has 0 spiro atoms. The normalized spacial score (nSPS) is 12.2. The molecule has 6 nitrogen and oxygen atoms in total. The van der Waals surface area contributed by atoms with Crippen molar-refractivity contribution < 1.29 is 14.3 Å². The predicted octanol–water partition coefficient (Wildman–Crippen LogP) is 4.88. The Balaban J connectivity index is 1.46. The summed E-state index contributed by atoms with van der Waals surface area (Å²) in [5.41, 5.74) is 5.33. The Labute approximate surface area is 184 Å². The highest BCUT2D eigenvalue weighted by Crippen LogP contribution is 2.32. The molecule has 0 saturated heterocycles. The molecule has 0 radical (unpaired) electrons. The van der Waals surface area contributed by atoms with Crippen molar-refractivity contribution >= 4 is 17.2 Å². The number of aryl methyl sites for hydroxylation is 2. The van der Waals surface area contributed by atoms with Crippen LogP contribution >= 0.6 is 11.3 Å². The van der Waals surface area contributed by atoms with E-state index < -0.39 is 0 Å². The highest BCUT2D eigenvalue weighted by molar-refractivity contribution is 7.13. The lowest BCUT2D eigenvalue weighted by Crippen LogP contribution is -2.25. The van der Waals surface area contributed by atoms with Crippen LogP contribution in [-0.4, -0.2) is 22.5 Å². The van der Waals surface area contributed by atoms with E-state index in [9.17, 15) is 4.79 Å². The number of rotatable bonds is 5. The van der Waals surface area contributed by atoms with Gasteiger partial charge >= 0.3 is 0 Å². The molecule has 5 rings (SSSR count). The minimum Gasteiger partial charge on any atom is -0.454 e. The first-order valence-corrected chi connectivity index (χ1v) is 10.8. The number of thiophene rings is 1. The van der Waals surface area contributed by atoms with Gasteiger partial charge in [0.2, 0.25) is 6.79 Å². The van der Waals surface area contributed by atoms with Crippen molar-refractivity contribution in [1.29, 1.82) is 0 Å². The van der Waals surface area contributed by atoms with E-state index in [4.69, 9.17) is 14.6 Å². The van der Waals surface area contributed by atoms with Crippen LogP contribution in [0.4, 0.5) is 0 Å². The van der Waals surface area contributed by atoms with Gasteiger partial charge in [0, 0.05) is 6.54 Å². The summed E-state index contributed by atoms with van der Waals surface area (Å²) < 4.78 is 12.5. The zero-order valence-electron chi connectivity index (χ0n) is 17.2. The molecule has 0 unspecified atom stereocenters. The Bertz CT molecular complexity index is 1260. The Kier molecular flexibility index (Phi) is 4.95. The van der Waals surface area contributed by atoms with Gasteiger partial charge in [-0.1, -0.05) is 29.8 Å². The molecule has 4 aromatic rings. The molecule has 31 heavy (non-hydrogen) atoms. The van der Waals surface area contributed by atoms with Gasteiger partial charge < -0.3 is 14.8 Å². The van der Waals surface area contributed by atoms with Crippen molar-refractivity contribution in [3.8, 4) is 27.8 Å². The SMILES string of the molecule is Cc1ccc(-n2nc(-c3cccs3)cc2C(=O)NCc2ccc3c(c2)OCO3)c(C)c1. The maximum atomic E-state index is 13.2. The van der Waals surface area contributed by atoms with Crippen LogP contribution in [0.15, 0.2) is 60.0 Å². The molecular weight excluding hydrogens is 410 g/mol. The molecule has 0 aliphatic carbocycles. The fourth-order valence-electron chi connectivity index (χ4n) is 3.64. The van der Waals surface area contributed by atoms with Crippen LogP contribution in [0.2, 0.25) is 0 Å². The monoisotopic (exact) mass is 431 g/mol. The van der Waals surface area contributed by atoms with Gasteiger partial charge in [0.05, 0.1) is 10.6 Å². The quantitative estimate of drug-likeness (QED) is 0.489. The predicted molar refractivity (Wildman–Crippen MR) is 120 cm³/mol. The lowest BCUT2D eigenvalue weighted by Gasteiger charge is -2.11. The number of benzene rings is 2. The largest absolute Gasteiger partial charge is 0.454 e. The molecule has 1 aliphatic heterocycles. The van der Waals surface area contributed by atoms with Crippen LogP contribution in [0, 0.1) is 13.8 Å². The van der Waals surface area contributed by atoms with Gasteiger partial charge in [-0.3, -0.25) is 4.79 Å². The number of aromatic nitrogens is 2. The van der Waals surface area contributed by atoms with E-state index >= 15 is 0 Å². The molecule has 7 heteroatoms. The third-order valence-electron chi connectivity index (χ3n) is 5.19. The third-order valence-corrected chi connectivity index (χ3v) is 6.08. The summed E-state index contributed by atoms with van der Waals surface area (Å²) in [5.74, 6) is 1.24. The van der Waals surface area contributed by atoms with Crippen molar-refractivity contribution in [2.45, 2.75) is 20.4 Å². The number of nitrogens with one attached hydrogen (secondary N) is 1. The van der Waals surface area contributed by atoms with Crippen molar-refractivity contribution in [3.05, 3.63) is 82.4 Å². The first-order valence-electron chi connectivity index (χ1n) is 9.97. The van der Waals surface area contributed by atoms with Crippen LogP contribution in [0.5, 0.6) is 11.5 Å². The topological polar surface area (TPSA) is 65.4 Å². The zero-order valence-corrected chi connectivity index (χ0v) is 18.0. The number of nitrogens with zero attached hydrogens (tertiary/aromatic N) is 2. The van der Waals surface area contributed by atoms with Crippen molar-refractivity contribution in [2.75, 3.05) is 6.79 Å². The molecule has 0 bridgehead atoms. The molecule has 0 saturated carbocycles. The molecule has 3 heterocycles. The number of amides is 1. The molecule has 1 aliphatic rings. The minimum absolute atomic E-state index is 0.187. The van der Waals surface area contributed by atoms with E-state index in [1.165, 1.54) is 5.56 Å². The molecule has 156 valence electrons. The fraction of sp³-hybridized carbons (Fsp3) is 0.167. The number of hydrogen-bond donors (Lipinski definition) is 1. The third kappa shape index (κ3) is 3.80. The number of carbonyl (C=O) groups is 1. The van der Waals surface area contributed by atoms with E-state index in [0.717, 1.165) is 33.1 Å². The summed E-state index contributed by atoms with van der Waals surface area (Å²) in [4.78, 5) is 14.2. The van der Waals surface area contributed by atoms with Gasteiger partial charge in [-0.15, -0.1) is 11.3 Å². The smallest absolute Gasteiger partial charge is 0.270 e. The van der Waals surface area contributed by atoms with Crippen LogP contribution in [0.25, 0.3) is 16.3 Å². The Hall–Kier alpha value is -3.58. The first kappa shape index (κ1) is 19.4. The van der Waals surface area contributed by atoms with Gasteiger partial charge in [0.25, 0.3) is 5.91 Å². The van der Waals surface area contributed by atoms with Gasteiger partial charge in [0.15, 0.2) is 11.5 Å². The van der Waals surface area contributed by atoms with Gasteiger partial charge in [-0.05, 0) is 60.7 Å². The second kappa shape index (κ2) is 7.92. The van der Waals surface area contributed by atoms with E-state index in [2.05, 4.69) is 18.3 Å². The number of carbonyl (C=O) groups excluding carboxylic acids is 1. The maximum absolute atomic E-state index is 13.2. The van der Waals surface area contributed by atoms with Crippen LogP contribution in [0.3, 0.4) is 0 Å². The summed E-state index contributed by atoms with van der Waals surface area (Å²) in [6, 6.07) is 17.6. The lowest BCUT2D eigenvalue weighted by atomic mass is 10.1. The number of ether oxygens (including phenoxy) is 2. The Morgan fingerprint density at radius 3 is 2.77 bits per heavy atom. The highest BCUT2D eigenvalue weighted by atomic mass is 32.1. The van der Waals surface area contributed by atoms with E-state index in [-0.39, 0.29) is 12.7 Å². The van der Waals surface area contributed by atoms with E-state index in [0.29, 0.717) is 18.0 Å². The maximum Gasteiger partial charge on any atom is 0.270 e. The summed E-state index contributed by atoms with van der Waals surface area (Å²) in [5, 5.41) is 9.78. The molecule has 1 N–H and O–H groups in total. The Morgan fingerprint density at radius 2 is 1.97 bits per heavy atom. The zero-order chi connectivity index (χ0) is 21.4. The Morgan fingerprint density at radius 1 is 1.10 bits per heavy atom. The summed E-state index contributed by atoms with van der Waals surface area (Å²) in [6.45, 7) is 4.69. The van der Waals surface area contributed by atoms with Crippen molar-refractivity contribution in [3.63, 3.8) is 0 Å². The van der Waals surface area contributed by atoms with Crippen LogP contribution < -0.4 is 14.8 Å². The van der Waals surface area contributed by atoms with E-state index in [1.54, 1.807) is 16.0 Å². The second-order valence-electron chi connectivity index (χ2n) is 7.46. The summed E-state index contributed by atoms with van der Waals surface area (Å²) in [6.07, 6.45) is 0. The molecule has 0 fully saturated rings.